The van der Waals surface area contributed by atoms with Gasteiger partial charge in [-0.25, -0.2) is 4.79 Å². The van der Waals surface area contributed by atoms with Crippen molar-refractivity contribution in [3.05, 3.63) is 0 Å². The molecule has 1 aliphatic rings. The van der Waals surface area contributed by atoms with Crippen LogP contribution in [0.3, 0.4) is 0 Å². The average Bonchev–Trinajstić information content (AvgIpc) is 2.51. The van der Waals surface area contributed by atoms with Crippen LogP contribution in [0, 0.1) is 0 Å². The van der Waals surface area contributed by atoms with Crippen molar-refractivity contribution in [1.29, 1.82) is 0 Å². The maximum Gasteiger partial charge on any atom is 0.326 e. The number of hydrogen-bond donors (Lipinski definition) is 7. The summed E-state index contributed by atoms with van der Waals surface area (Å²) in [5.41, 5.74) is 0. The number of carboxylic acids is 2. The summed E-state index contributed by atoms with van der Waals surface area (Å²) in [7, 11) is 0. The van der Waals surface area contributed by atoms with Crippen LogP contribution in [0.25, 0.3) is 0 Å². The van der Waals surface area contributed by atoms with Gasteiger partial charge in [-0.2, -0.15) is 0 Å². The van der Waals surface area contributed by atoms with Crippen molar-refractivity contribution >= 4 is 17.8 Å². The second-order valence-corrected chi connectivity index (χ2v) is 5.46. The number of nitrogens with one attached hydrogen (secondary N) is 1. The number of carboxylic acid groups (broad SMARTS) is 2. The highest BCUT2D eigenvalue weighted by atomic mass is 16.5. The van der Waals surface area contributed by atoms with E-state index in [0.717, 1.165) is 0 Å². The molecule has 0 aromatic rings. The largest absolute Gasteiger partial charge is 0.481 e. The van der Waals surface area contributed by atoms with Crippen LogP contribution >= 0.6 is 0 Å². The van der Waals surface area contributed by atoms with Crippen LogP contribution in [-0.4, -0.2) is 91.7 Å². The normalized spacial score (nSPS) is 31.2. The fourth-order valence-corrected chi connectivity index (χ4v) is 2.31. The van der Waals surface area contributed by atoms with Gasteiger partial charge >= 0.3 is 11.9 Å². The van der Waals surface area contributed by atoms with Gasteiger partial charge in [0.15, 0.2) is 0 Å². The Morgan fingerprint density at radius 3 is 2.08 bits per heavy atom. The van der Waals surface area contributed by atoms with Gasteiger partial charge in [0.1, 0.15) is 30.5 Å². The van der Waals surface area contributed by atoms with Gasteiger partial charge in [-0.15, -0.1) is 0 Å². The van der Waals surface area contributed by atoms with Crippen LogP contribution in [0.4, 0.5) is 0 Å². The Morgan fingerprint density at radius 1 is 1.00 bits per heavy atom. The van der Waals surface area contributed by atoms with Gasteiger partial charge in [0, 0.05) is 6.42 Å². The average molecular weight is 351 g/mol. The summed E-state index contributed by atoms with van der Waals surface area (Å²) in [6.07, 6.45) is -8.60. The van der Waals surface area contributed by atoms with Crippen LogP contribution in [0.2, 0.25) is 0 Å². The molecule has 0 radical (unpaired) electrons. The fourth-order valence-electron chi connectivity index (χ4n) is 2.31. The molecule has 1 fully saturated rings. The molecular formula is C13H21NO10. The highest BCUT2D eigenvalue weighted by molar-refractivity contribution is 5.84. The summed E-state index contributed by atoms with van der Waals surface area (Å²) >= 11 is 0. The van der Waals surface area contributed by atoms with Crippen molar-refractivity contribution in [1.82, 2.24) is 5.32 Å². The Bertz CT molecular complexity index is 468. The molecule has 11 heteroatoms. The molecule has 1 saturated heterocycles. The SMILES string of the molecule is O=C(O)CCC(NC(=O)C[C@@H]1O[C@H](CO)[C@@H](O)[C@H](O)[C@@H]1O)C(=O)O. The number of carbonyl (C=O) groups is 3. The first-order valence-electron chi connectivity index (χ1n) is 7.21. The summed E-state index contributed by atoms with van der Waals surface area (Å²) in [5.74, 6) is -3.49. The molecule has 138 valence electrons. The van der Waals surface area contributed by atoms with Crippen LogP contribution in [-0.2, 0) is 19.1 Å². The van der Waals surface area contributed by atoms with Gasteiger partial charge < -0.3 is 40.7 Å². The zero-order chi connectivity index (χ0) is 18.4. The molecule has 0 spiro atoms. The van der Waals surface area contributed by atoms with Crippen molar-refractivity contribution in [2.45, 2.75) is 55.8 Å². The Labute approximate surface area is 136 Å². The summed E-state index contributed by atoms with van der Waals surface area (Å²) in [5, 5.41) is 57.7. The van der Waals surface area contributed by atoms with E-state index in [2.05, 4.69) is 5.32 Å². The van der Waals surface area contributed by atoms with Crippen molar-refractivity contribution in [3.8, 4) is 0 Å². The van der Waals surface area contributed by atoms with Crippen molar-refractivity contribution in [2.24, 2.45) is 0 Å². The quantitative estimate of drug-likeness (QED) is 0.232. The molecule has 6 atom stereocenters. The third-order valence-corrected chi connectivity index (χ3v) is 3.66. The minimum absolute atomic E-state index is 0.328. The van der Waals surface area contributed by atoms with Gasteiger partial charge in [-0.3, -0.25) is 9.59 Å². The number of amides is 1. The van der Waals surface area contributed by atoms with E-state index in [9.17, 15) is 29.7 Å². The monoisotopic (exact) mass is 351 g/mol. The summed E-state index contributed by atoms with van der Waals surface area (Å²) in [6.45, 7) is -0.653. The van der Waals surface area contributed by atoms with E-state index in [4.69, 9.17) is 20.1 Å². The lowest BCUT2D eigenvalue weighted by Crippen LogP contribution is -2.59. The highest BCUT2D eigenvalue weighted by Gasteiger charge is 2.44. The van der Waals surface area contributed by atoms with E-state index in [1.807, 2.05) is 0 Å². The van der Waals surface area contributed by atoms with Crippen LogP contribution in [0.5, 0.6) is 0 Å². The molecule has 1 rings (SSSR count). The summed E-state index contributed by atoms with van der Waals surface area (Å²) in [4.78, 5) is 33.4. The molecule has 0 bridgehead atoms. The van der Waals surface area contributed by atoms with E-state index < -0.39 is 73.9 Å². The lowest BCUT2D eigenvalue weighted by molar-refractivity contribution is -0.229. The van der Waals surface area contributed by atoms with E-state index >= 15 is 0 Å². The number of aliphatic carboxylic acids is 2. The maximum absolute atomic E-state index is 11.9. The third-order valence-electron chi connectivity index (χ3n) is 3.66. The standard InChI is InChI=1S/C13H21NO10/c15-4-7-11(20)12(21)10(19)6(24-7)3-8(16)14-5(13(22)23)1-2-9(17)18/h5-7,10-12,15,19-21H,1-4H2,(H,14,16)(H,17,18)(H,22,23)/t5?,6-,7+,10+,11+,12+/m0/s1. The maximum atomic E-state index is 11.9. The number of ether oxygens (including phenoxy) is 1. The van der Waals surface area contributed by atoms with Crippen LogP contribution in [0.15, 0.2) is 0 Å². The zero-order valence-electron chi connectivity index (χ0n) is 12.6. The molecule has 1 unspecified atom stereocenters. The molecule has 1 heterocycles. The second kappa shape index (κ2) is 8.89. The van der Waals surface area contributed by atoms with E-state index in [0.29, 0.717) is 0 Å². The van der Waals surface area contributed by atoms with Gasteiger partial charge in [0.2, 0.25) is 5.91 Å². The molecule has 7 N–H and O–H groups in total. The minimum Gasteiger partial charge on any atom is -0.481 e. The van der Waals surface area contributed by atoms with Crippen molar-refractivity contribution in [2.75, 3.05) is 6.61 Å². The molecule has 0 aromatic heterocycles. The van der Waals surface area contributed by atoms with Gasteiger partial charge in [-0.05, 0) is 6.42 Å². The van der Waals surface area contributed by atoms with E-state index in [-0.39, 0.29) is 6.42 Å². The molecule has 1 aliphatic heterocycles. The number of aliphatic hydroxyl groups excluding tert-OH is 4. The summed E-state index contributed by atoms with van der Waals surface area (Å²) < 4.78 is 5.13. The van der Waals surface area contributed by atoms with Gasteiger partial charge in [-0.1, -0.05) is 0 Å². The van der Waals surface area contributed by atoms with E-state index in [1.165, 1.54) is 0 Å². The number of aliphatic hydroxyl groups is 4. The molecule has 0 aromatic carbocycles. The van der Waals surface area contributed by atoms with Gasteiger partial charge in [0.25, 0.3) is 0 Å². The van der Waals surface area contributed by atoms with Crippen molar-refractivity contribution in [3.63, 3.8) is 0 Å². The Hall–Kier alpha value is -1.79. The predicted molar refractivity (Wildman–Crippen MR) is 74.8 cm³/mol. The highest BCUT2D eigenvalue weighted by Crippen LogP contribution is 2.23. The molecule has 0 saturated carbocycles. The summed E-state index contributed by atoms with van der Waals surface area (Å²) in [6, 6.07) is -1.43. The first kappa shape index (κ1) is 20.3. The van der Waals surface area contributed by atoms with Crippen LogP contribution < -0.4 is 5.32 Å². The fraction of sp³-hybridized carbons (Fsp3) is 0.769. The molecule has 1 amide bonds. The molecule has 24 heavy (non-hydrogen) atoms. The zero-order valence-corrected chi connectivity index (χ0v) is 12.6. The first-order valence-corrected chi connectivity index (χ1v) is 7.21. The number of hydrogen-bond acceptors (Lipinski definition) is 8. The second-order valence-electron chi connectivity index (χ2n) is 5.46. The van der Waals surface area contributed by atoms with Crippen molar-refractivity contribution < 1.29 is 49.8 Å². The lowest BCUT2D eigenvalue weighted by Gasteiger charge is -2.39. The third kappa shape index (κ3) is 5.39. The molecular weight excluding hydrogens is 330 g/mol. The Morgan fingerprint density at radius 2 is 1.58 bits per heavy atom. The molecule has 11 nitrogen and oxygen atoms in total. The Kier molecular flexibility index (Phi) is 7.51. The van der Waals surface area contributed by atoms with E-state index in [1.54, 1.807) is 0 Å². The number of rotatable bonds is 8. The van der Waals surface area contributed by atoms with Gasteiger partial charge in [0.05, 0.1) is 19.1 Å². The predicted octanol–water partition coefficient (Wildman–Crippen LogP) is -3.35. The Balaban J connectivity index is 2.64. The number of carbonyl (C=O) groups excluding carboxylic acids is 1. The molecule has 0 aliphatic carbocycles. The lowest BCUT2D eigenvalue weighted by atomic mass is 9.93. The first-order chi connectivity index (χ1) is 11.2. The van der Waals surface area contributed by atoms with Crippen LogP contribution in [0.1, 0.15) is 19.3 Å². The smallest absolute Gasteiger partial charge is 0.326 e. The minimum atomic E-state index is -1.64. The topological polar surface area (TPSA) is 194 Å².